The average Bonchev–Trinajstić information content (AvgIpc) is 2.79. The third kappa shape index (κ3) is 5.55. The van der Waals surface area contributed by atoms with Gasteiger partial charge in [-0.1, -0.05) is 47.1 Å². The molecule has 9 heteroatoms. The van der Waals surface area contributed by atoms with E-state index >= 15 is 0 Å². The minimum atomic E-state index is -0.362. The number of aromatic nitrogens is 2. The molecule has 0 saturated heterocycles. The summed E-state index contributed by atoms with van der Waals surface area (Å²) in [5.74, 6) is 0.0123. The summed E-state index contributed by atoms with van der Waals surface area (Å²) >= 11 is 13.8. The molecule has 1 amide bonds. The number of hydrogen-bond donors (Lipinski definition) is 1. The molecule has 0 atom stereocenters. The number of halogens is 3. The van der Waals surface area contributed by atoms with Crippen molar-refractivity contribution >= 4 is 57.5 Å². The zero-order valence-corrected chi connectivity index (χ0v) is 19.6. The molecule has 1 N–H and O–H groups in total. The van der Waals surface area contributed by atoms with Gasteiger partial charge < -0.3 is 5.32 Å². The number of hydrogen-bond acceptors (Lipinski definition) is 4. The van der Waals surface area contributed by atoms with Crippen molar-refractivity contribution in [3.05, 3.63) is 92.9 Å². The fraction of sp³-hybridized carbons (Fsp3) is 0.125. The molecule has 4 rings (SSSR count). The van der Waals surface area contributed by atoms with Crippen molar-refractivity contribution in [3.8, 4) is 5.69 Å². The maximum absolute atomic E-state index is 13.3. The molecular formula is C24H18Cl2FN3O2S. The maximum atomic E-state index is 13.3. The Morgan fingerprint density at radius 1 is 1.06 bits per heavy atom. The first-order chi connectivity index (χ1) is 15.9. The number of rotatable bonds is 7. The second-order valence-electron chi connectivity index (χ2n) is 7.15. The summed E-state index contributed by atoms with van der Waals surface area (Å²) in [6, 6.07) is 17.6. The number of benzene rings is 3. The first-order valence-corrected chi connectivity index (χ1v) is 11.8. The van der Waals surface area contributed by atoms with Gasteiger partial charge in [0.1, 0.15) is 5.82 Å². The first kappa shape index (κ1) is 23.3. The molecular weight excluding hydrogens is 484 g/mol. The average molecular weight is 502 g/mol. The van der Waals surface area contributed by atoms with E-state index in [0.717, 1.165) is 0 Å². The van der Waals surface area contributed by atoms with Crippen LogP contribution in [0.5, 0.6) is 0 Å². The number of carbonyl (C=O) groups is 1. The van der Waals surface area contributed by atoms with Crippen LogP contribution in [0.2, 0.25) is 10.0 Å². The number of thioether (sulfide) groups is 1. The lowest BCUT2D eigenvalue weighted by atomic mass is 10.2. The monoisotopic (exact) mass is 501 g/mol. The summed E-state index contributed by atoms with van der Waals surface area (Å²) in [6.07, 6.45) is 0.818. The SMILES string of the molecule is O=C(CCCSc1nc2ccccc2c(=O)n1-c1ccc(Cl)cc1Cl)Nc1ccc(F)cc1. The normalized spacial score (nSPS) is 11.0. The van der Waals surface area contributed by atoms with Gasteiger partial charge in [0.25, 0.3) is 5.56 Å². The van der Waals surface area contributed by atoms with Crippen LogP contribution < -0.4 is 10.9 Å². The molecule has 3 aromatic carbocycles. The van der Waals surface area contributed by atoms with Crippen molar-refractivity contribution in [2.24, 2.45) is 0 Å². The number of carbonyl (C=O) groups excluding carboxylic acids is 1. The summed E-state index contributed by atoms with van der Waals surface area (Å²) in [5, 5.41) is 4.49. The lowest BCUT2D eigenvalue weighted by molar-refractivity contribution is -0.116. The predicted molar refractivity (Wildman–Crippen MR) is 132 cm³/mol. The van der Waals surface area contributed by atoms with Gasteiger partial charge in [-0.3, -0.25) is 14.2 Å². The Balaban J connectivity index is 1.52. The number of amides is 1. The van der Waals surface area contributed by atoms with Crippen LogP contribution in [0.15, 0.2) is 76.7 Å². The molecule has 0 saturated carbocycles. The lowest BCUT2D eigenvalue weighted by Gasteiger charge is -2.14. The maximum Gasteiger partial charge on any atom is 0.266 e. The van der Waals surface area contributed by atoms with Crippen LogP contribution in [0.4, 0.5) is 10.1 Å². The van der Waals surface area contributed by atoms with Crippen LogP contribution in [0.25, 0.3) is 16.6 Å². The Kier molecular flexibility index (Phi) is 7.33. The first-order valence-electron chi connectivity index (χ1n) is 10.1. The Hall–Kier alpha value is -2.87. The molecule has 1 heterocycles. The molecule has 33 heavy (non-hydrogen) atoms. The van der Waals surface area contributed by atoms with Crippen molar-refractivity contribution in [2.45, 2.75) is 18.0 Å². The van der Waals surface area contributed by atoms with Gasteiger partial charge in [-0.05, 0) is 61.0 Å². The van der Waals surface area contributed by atoms with Crippen LogP contribution in [0, 0.1) is 5.82 Å². The van der Waals surface area contributed by atoms with Gasteiger partial charge >= 0.3 is 0 Å². The van der Waals surface area contributed by atoms with E-state index in [0.29, 0.717) is 49.7 Å². The Morgan fingerprint density at radius 2 is 1.82 bits per heavy atom. The van der Waals surface area contributed by atoms with Crippen molar-refractivity contribution in [1.29, 1.82) is 0 Å². The largest absolute Gasteiger partial charge is 0.326 e. The van der Waals surface area contributed by atoms with Gasteiger partial charge in [0.05, 0.1) is 21.6 Å². The molecule has 0 spiro atoms. The van der Waals surface area contributed by atoms with Crippen molar-refractivity contribution in [3.63, 3.8) is 0 Å². The lowest BCUT2D eigenvalue weighted by Crippen LogP contribution is -2.22. The van der Waals surface area contributed by atoms with E-state index in [2.05, 4.69) is 10.3 Å². The van der Waals surface area contributed by atoms with Gasteiger partial charge in [-0.2, -0.15) is 0 Å². The van der Waals surface area contributed by atoms with E-state index in [1.165, 1.54) is 40.6 Å². The number of nitrogens with one attached hydrogen (secondary N) is 1. The van der Waals surface area contributed by atoms with E-state index in [-0.39, 0.29) is 23.7 Å². The molecule has 0 aliphatic rings. The van der Waals surface area contributed by atoms with E-state index in [9.17, 15) is 14.0 Å². The molecule has 168 valence electrons. The van der Waals surface area contributed by atoms with E-state index in [4.69, 9.17) is 23.2 Å². The molecule has 5 nitrogen and oxygen atoms in total. The highest BCUT2D eigenvalue weighted by molar-refractivity contribution is 7.99. The number of nitrogens with zero attached hydrogens (tertiary/aromatic N) is 2. The van der Waals surface area contributed by atoms with Gasteiger partial charge in [0.2, 0.25) is 5.91 Å². The predicted octanol–water partition coefficient (Wildman–Crippen LogP) is 6.34. The Morgan fingerprint density at radius 3 is 2.58 bits per heavy atom. The molecule has 0 fully saturated rings. The molecule has 0 aliphatic heterocycles. The van der Waals surface area contributed by atoms with Gasteiger partial charge in [0.15, 0.2) is 5.16 Å². The molecule has 0 unspecified atom stereocenters. The smallest absolute Gasteiger partial charge is 0.266 e. The molecule has 4 aromatic rings. The molecule has 0 bridgehead atoms. The van der Waals surface area contributed by atoms with E-state index in [1.54, 1.807) is 36.4 Å². The van der Waals surface area contributed by atoms with Crippen LogP contribution in [0.1, 0.15) is 12.8 Å². The minimum Gasteiger partial charge on any atom is -0.326 e. The number of para-hydroxylation sites is 1. The summed E-state index contributed by atoms with van der Waals surface area (Å²) in [6.45, 7) is 0. The van der Waals surface area contributed by atoms with Crippen molar-refractivity contribution < 1.29 is 9.18 Å². The third-order valence-corrected chi connectivity index (χ3v) is 6.37. The summed E-state index contributed by atoms with van der Waals surface area (Å²) in [7, 11) is 0. The van der Waals surface area contributed by atoms with Crippen LogP contribution in [0.3, 0.4) is 0 Å². The second-order valence-corrected chi connectivity index (χ2v) is 9.06. The Bertz CT molecular complexity index is 1380. The summed E-state index contributed by atoms with van der Waals surface area (Å²) < 4.78 is 14.5. The standard InChI is InChI=1S/C24H18Cl2FN3O2S/c25-15-7-12-21(19(26)14-15)30-23(32)18-4-1-2-5-20(18)29-24(30)33-13-3-6-22(31)28-17-10-8-16(27)9-11-17/h1-2,4-5,7-12,14H,3,6,13H2,(H,28,31). The van der Waals surface area contributed by atoms with Crippen molar-refractivity contribution in [1.82, 2.24) is 9.55 Å². The zero-order valence-electron chi connectivity index (χ0n) is 17.2. The van der Waals surface area contributed by atoms with Crippen molar-refractivity contribution in [2.75, 3.05) is 11.1 Å². The van der Waals surface area contributed by atoms with Gasteiger partial charge in [-0.15, -0.1) is 0 Å². The number of fused-ring (bicyclic) bond motifs is 1. The zero-order chi connectivity index (χ0) is 23.4. The highest BCUT2D eigenvalue weighted by atomic mass is 35.5. The number of anilines is 1. The quantitative estimate of drug-likeness (QED) is 0.182. The topological polar surface area (TPSA) is 64.0 Å². The molecule has 0 aliphatic carbocycles. The molecule has 0 radical (unpaired) electrons. The highest BCUT2D eigenvalue weighted by Crippen LogP contribution is 2.28. The van der Waals surface area contributed by atoms with Crippen LogP contribution in [-0.2, 0) is 4.79 Å². The minimum absolute atomic E-state index is 0.174. The Labute approximate surface area is 203 Å². The second kappa shape index (κ2) is 10.4. The van der Waals surface area contributed by atoms with Gasteiger partial charge in [-0.25, -0.2) is 9.37 Å². The summed E-state index contributed by atoms with van der Waals surface area (Å²) in [4.78, 5) is 30.1. The van der Waals surface area contributed by atoms with E-state index < -0.39 is 0 Å². The highest BCUT2D eigenvalue weighted by Gasteiger charge is 2.16. The third-order valence-electron chi connectivity index (χ3n) is 4.80. The summed E-state index contributed by atoms with van der Waals surface area (Å²) in [5.41, 5.74) is 1.37. The fourth-order valence-electron chi connectivity index (χ4n) is 3.24. The molecule has 1 aromatic heterocycles. The van der Waals surface area contributed by atoms with Crippen LogP contribution in [-0.4, -0.2) is 21.2 Å². The van der Waals surface area contributed by atoms with Crippen LogP contribution >= 0.6 is 35.0 Å². The fourth-order valence-corrected chi connectivity index (χ4v) is 4.67. The van der Waals surface area contributed by atoms with E-state index in [1.807, 2.05) is 6.07 Å². The van der Waals surface area contributed by atoms with Gasteiger partial charge in [0, 0.05) is 22.9 Å².